The van der Waals surface area contributed by atoms with E-state index in [0.717, 1.165) is 34.9 Å². The second-order valence-corrected chi connectivity index (χ2v) is 8.01. The molecule has 1 aliphatic heterocycles. The topological polar surface area (TPSA) is 88.3 Å². The van der Waals surface area contributed by atoms with Gasteiger partial charge in [-0.3, -0.25) is 14.6 Å². The molecule has 0 saturated heterocycles. The van der Waals surface area contributed by atoms with Crippen LogP contribution in [-0.2, 0) is 4.84 Å². The first-order valence-electron chi connectivity index (χ1n) is 9.38. The van der Waals surface area contributed by atoms with Crippen LogP contribution in [0.5, 0.6) is 5.75 Å². The Kier molecular flexibility index (Phi) is 4.61. The molecule has 2 aromatic heterocycles. The number of hydrazine groups is 1. The lowest BCUT2D eigenvalue weighted by Crippen LogP contribution is -2.27. The van der Waals surface area contributed by atoms with Crippen LogP contribution in [0.25, 0.3) is 17.1 Å². The maximum atomic E-state index is 10.1. The van der Waals surface area contributed by atoms with Gasteiger partial charge in [-0.15, -0.1) is 10.2 Å². The van der Waals surface area contributed by atoms with E-state index in [9.17, 15) is 5.11 Å². The van der Waals surface area contributed by atoms with Crippen molar-refractivity contribution in [2.24, 2.45) is 0 Å². The van der Waals surface area contributed by atoms with Crippen LogP contribution in [-0.4, -0.2) is 35.7 Å². The van der Waals surface area contributed by atoms with Crippen molar-refractivity contribution < 1.29 is 9.94 Å². The number of nitrogens with zero attached hydrogens (tertiary/aromatic N) is 5. The number of pyridine rings is 1. The van der Waals surface area contributed by atoms with Crippen LogP contribution in [0.15, 0.2) is 54.1 Å². The van der Waals surface area contributed by atoms with E-state index in [1.165, 1.54) is 0 Å². The highest BCUT2D eigenvalue weighted by molar-refractivity contribution is 7.99. The number of hydrogen-bond donors (Lipinski definition) is 2. The summed E-state index contributed by atoms with van der Waals surface area (Å²) in [6, 6.07) is 9.79. The SMILES string of the molecule is Cc1ccc(O)c(C2=CN(CSc3nnc(-c4ccncc4)n3C3CC3)NO2)c1. The van der Waals surface area contributed by atoms with Crippen LogP contribution in [0.4, 0.5) is 0 Å². The second-order valence-electron chi connectivity index (χ2n) is 7.09. The number of nitrogens with one attached hydrogen (secondary N) is 1. The molecule has 1 saturated carbocycles. The molecular weight excluding hydrogens is 388 g/mol. The smallest absolute Gasteiger partial charge is 0.193 e. The fraction of sp³-hybridized carbons (Fsp3) is 0.250. The van der Waals surface area contributed by atoms with Gasteiger partial charge in [-0.1, -0.05) is 29.0 Å². The summed E-state index contributed by atoms with van der Waals surface area (Å²) in [5.41, 5.74) is 5.60. The summed E-state index contributed by atoms with van der Waals surface area (Å²) in [5, 5.41) is 21.6. The number of phenols is 1. The summed E-state index contributed by atoms with van der Waals surface area (Å²) in [6.45, 7) is 1.98. The Hall–Kier alpha value is -3.04. The number of rotatable bonds is 6. The van der Waals surface area contributed by atoms with Crippen LogP contribution < -0.4 is 5.59 Å². The van der Waals surface area contributed by atoms with Crippen LogP contribution in [0.2, 0.25) is 0 Å². The van der Waals surface area contributed by atoms with E-state index < -0.39 is 0 Å². The fourth-order valence-corrected chi connectivity index (χ4v) is 4.05. The Bertz CT molecular complexity index is 1060. The maximum absolute atomic E-state index is 10.1. The van der Waals surface area contributed by atoms with Crippen molar-refractivity contribution in [2.75, 3.05) is 5.88 Å². The molecule has 1 fully saturated rings. The summed E-state index contributed by atoms with van der Waals surface area (Å²) < 4.78 is 2.22. The van der Waals surface area contributed by atoms with Crippen LogP contribution >= 0.6 is 11.8 Å². The molecule has 0 bridgehead atoms. The molecular formula is C20H20N6O2S. The normalized spacial score (nSPS) is 16.0. The van der Waals surface area contributed by atoms with Gasteiger partial charge in [0.2, 0.25) is 0 Å². The molecule has 0 atom stereocenters. The maximum Gasteiger partial charge on any atom is 0.193 e. The first-order valence-corrected chi connectivity index (χ1v) is 10.4. The molecule has 5 rings (SSSR count). The zero-order chi connectivity index (χ0) is 19.8. The Morgan fingerprint density at radius 2 is 2.03 bits per heavy atom. The van der Waals surface area contributed by atoms with E-state index in [4.69, 9.17) is 4.84 Å². The lowest BCUT2D eigenvalue weighted by molar-refractivity contribution is 0.0605. The van der Waals surface area contributed by atoms with Gasteiger partial charge in [-0.25, -0.2) is 0 Å². The summed E-state index contributed by atoms with van der Waals surface area (Å²) in [5.74, 6) is 2.22. The van der Waals surface area contributed by atoms with Crippen molar-refractivity contribution in [1.82, 2.24) is 30.3 Å². The molecule has 2 aliphatic rings. The first kappa shape index (κ1) is 18.0. The molecule has 2 N–H and O–H groups in total. The van der Waals surface area contributed by atoms with E-state index in [1.807, 2.05) is 42.4 Å². The van der Waals surface area contributed by atoms with E-state index in [-0.39, 0.29) is 5.75 Å². The van der Waals surface area contributed by atoms with Crippen LogP contribution in [0.1, 0.15) is 30.0 Å². The minimum atomic E-state index is 0.189. The first-order chi connectivity index (χ1) is 14.2. The molecule has 1 aromatic carbocycles. The van der Waals surface area contributed by atoms with Gasteiger partial charge in [0.1, 0.15) is 5.75 Å². The average molecular weight is 408 g/mol. The average Bonchev–Trinajstić information content (AvgIpc) is 3.31. The lowest BCUT2D eigenvalue weighted by atomic mass is 10.1. The Labute approximate surface area is 172 Å². The molecule has 3 aromatic rings. The molecule has 1 aliphatic carbocycles. The van der Waals surface area contributed by atoms with Crippen molar-refractivity contribution >= 4 is 17.5 Å². The van der Waals surface area contributed by atoms with Crippen LogP contribution in [0, 0.1) is 6.92 Å². The number of hydrogen-bond acceptors (Lipinski definition) is 8. The van der Waals surface area contributed by atoms with Crippen molar-refractivity contribution in [3.8, 4) is 17.1 Å². The standard InChI is InChI=1S/C20H20N6O2S/c1-13-2-5-17(27)16(10-13)18-11-25(24-28-18)12-29-20-23-22-19(26(20)15-3-4-15)14-6-8-21-9-7-14/h2,5-11,15,24,27H,3-4,12H2,1H3. The summed E-state index contributed by atoms with van der Waals surface area (Å²) in [7, 11) is 0. The van der Waals surface area contributed by atoms with Gasteiger partial charge in [-0.05, 0) is 44.0 Å². The molecule has 0 amide bonds. The third-order valence-corrected chi connectivity index (χ3v) is 5.76. The number of benzene rings is 1. The number of aromatic hydroxyl groups is 1. The Morgan fingerprint density at radius 1 is 1.21 bits per heavy atom. The zero-order valence-electron chi connectivity index (χ0n) is 15.8. The van der Waals surface area contributed by atoms with Crippen LogP contribution in [0.3, 0.4) is 0 Å². The number of aryl methyl sites for hydroxylation is 1. The van der Waals surface area contributed by atoms with Gasteiger partial charge in [0, 0.05) is 24.0 Å². The predicted molar refractivity (Wildman–Crippen MR) is 109 cm³/mol. The van der Waals surface area contributed by atoms with E-state index in [2.05, 4.69) is 25.3 Å². The van der Waals surface area contributed by atoms with E-state index >= 15 is 0 Å². The highest BCUT2D eigenvalue weighted by Gasteiger charge is 2.30. The molecule has 3 heterocycles. The number of aromatic nitrogens is 4. The van der Waals surface area contributed by atoms with Gasteiger partial charge < -0.3 is 9.94 Å². The third kappa shape index (κ3) is 3.66. The van der Waals surface area contributed by atoms with Gasteiger partial charge in [0.05, 0.1) is 17.6 Å². The molecule has 8 nitrogen and oxygen atoms in total. The lowest BCUT2D eigenvalue weighted by Gasteiger charge is -2.13. The Morgan fingerprint density at radius 3 is 2.83 bits per heavy atom. The number of phenolic OH excluding ortho intramolecular Hbond substituents is 1. The Balaban J connectivity index is 1.33. The number of thioether (sulfide) groups is 1. The molecule has 9 heteroatoms. The monoisotopic (exact) mass is 408 g/mol. The minimum Gasteiger partial charge on any atom is -0.507 e. The quantitative estimate of drug-likeness (QED) is 0.599. The molecule has 0 unspecified atom stereocenters. The van der Waals surface area contributed by atoms with Crippen molar-refractivity contribution in [1.29, 1.82) is 0 Å². The predicted octanol–water partition coefficient (Wildman–Crippen LogP) is 3.49. The molecule has 148 valence electrons. The van der Waals surface area contributed by atoms with Gasteiger partial charge in [0.15, 0.2) is 16.7 Å². The van der Waals surface area contributed by atoms with Crippen molar-refractivity contribution in [3.05, 3.63) is 60.1 Å². The van der Waals surface area contributed by atoms with Gasteiger partial charge in [0.25, 0.3) is 0 Å². The van der Waals surface area contributed by atoms with E-state index in [0.29, 0.717) is 23.2 Å². The van der Waals surface area contributed by atoms with Gasteiger partial charge >= 0.3 is 0 Å². The minimum absolute atomic E-state index is 0.189. The highest BCUT2D eigenvalue weighted by atomic mass is 32.2. The van der Waals surface area contributed by atoms with Crippen molar-refractivity contribution in [2.45, 2.75) is 31.0 Å². The largest absolute Gasteiger partial charge is 0.507 e. The molecule has 0 radical (unpaired) electrons. The fourth-order valence-electron chi connectivity index (χ4n) is 3.20. The molecule has 29 heavy (non-hydrogen) atoms. The van der Waals surface area contributed by atoms with Gasteiger partial charge in [-0.2, -0.15) is 0 Å². The second kappa shape index (κ2) is 7.41. The highest BCUT2D eigenvalue weighted by Crippen LogP contribution is 2.41. The van der Waals surface area contributed by atoms with Crippen molar-refractivity contribution in [3.63, 3.8) is 0 Å². The summed E-state index contributed by atoms with van der Waals surface area (Å²) in [4.78, 5) is 9.64. The van der Waals surface area contributed by atoms with E-state index in [1.54, 1.807) is 30.2 Å². The molecule has 0 spiro atoms. The third-order valence-electron chi connectivity index (χ3n) is 4.81. The summed E-state index contributed by atoms with van der Waals surface area (Å²) in [6.07, 6.45) is 7.67. The zero-order valence-corrected chi connectivity index (χ0v) is 16.6. The summed E-state index contributed by atoms with van der Waals surface area (Å²) >= 11 is 1.58.